The molecule has 0 bridgehead atoms. The fourth-order valence-electron chi connectivity index (χ4n) is 3.08. The van der Waals surface area contributed by atoms with E-state index in [-0.39, 0.29) is 10.8 Å². The molecule has 30 heavy (non-hydrogen) atoms. The number of carbonyl (C=O) groups excluding carboxylic acids is 1. The van der Waals surface area contributed by atoms with E-state index < -0.39 is 10.0 Å². The normalized spacial score (nSPS) is 11.1. The molecule has 3 aromatic rings. The summed E-state index contributed by atoms with van der Waals surface area (Å²) < 4.78 is 32.5. The number of amides is 1. The van der Waals surface area contributed by atoms with Gasteiger partial charge in [-0.1, -0.05) is 30.3 Å². The SMILES string of the molecule is COc1ccc(C)cc1NC(=O)c1ccc(C)c(N(C)S(=O)(=O)c2ccccc2)c1. The zero-order valence-electron chi connectivity index (χ0n) is 17.3. The largest absolute Gasteiger partial charge is 0.495 e. The molecule has 0 unspecified atom stereocenters. The maximum atomic E-state index is 13.0. The smallest absolute Gasteiger partial charge is 0.264 e. The number of aryl methyl sites for hydroxylation is 2. The van der Waals surface area contributed by atoms with Gasteiger partial charge in [0.15, 0.2) is 0 Å². The number of ether oxygens (including phenoxy) is 1. The summed E-state index contributed by atoms with van der Waals surface area (Å²) in [6.45, 7) is 3.72. The predicted molar refractivity (Wildman–Crippen MR) is 119 cm³/mol. The average Bonchev–Trinajstić information content (AvgIpc) is 2.74. The second-order valence-corrected chi connectivity index (χ2v) is 8.91. The number of nitrogens with one attached hydrogen (secondary N) is 1. The predicted octanol–water partition coefficient (Wildman–Crippen LogP) is 4.39. The number of sulfonamides is 1. The Balaban J connectivity index is 1.94. The minimum Gasteiger partial charge on any atom is -0.495 e. The van der Waals surface area contributed by atoms with Crippen LogP contribution >= 0.6 is 0 Å². The van der Waals surface area contributed by atoms with E-state index in [1.165, 1.54) is 18.5 Å². The zero-order chi connectivity index (χ0) is 21.9. The highest BCUT2D eigenvalue weighted by Gasteiger charge is 2.23. The molecule has 0 aromatic heterocycles. The van der Waals surface area contributed by atoms with Crippen LogP contribution in [0.3, 0.4) is 0 Å². The number of anilines is 2. The van der Waals surface area contributed by atoms with Gasteiger partial charge in [-0.3, -0.25) is 9.10 Å². The maximum Gasteiger partial charge on any atom is 0.264 e. The number of hydrogen-bond acceptors (Lipinski definition) is 4. The maximum absolute atomic E-state index is 13.0. The molecular formula is C23H24N2O4S. The first-order valence-electron chi connectivity index (χ1n) is 9.34. The third kappa shape index (κ3) is 4.31. The molecule has 0 saturated carbocycles. The molecule has 6 nitrogen and oxygen atoms in total. The molecule has 3 rings (SSSR count). The summed E-state index contributed by atoms with van der Waals surface area (Å²) in [5, 5.41) is 2.84. The van der Waals surface area contributed by atoms with Crippen molar-refractivity contribution in [3.05, 3.63) is 83.4 Å². The van der Waals surface area contributed by atoms with Gasteiger partial charge < -0.3 is 10.1 Å². The van der Waals surface area contributed by atoms with Gasteiger partial charge in [-0.05, 0) is 61.4 Å². The quantitative estimate of drug-likeness (QED) is 0.637. The molecule has 156 valence electrons. The minimum absolute atomic E-state index is 0.186. The van der Waals surface area contributed by atoms with Crippen molar-refractivity contribution >= 4 is 27.3 Å². The highest BCUT2D eigenvalue weighted by molar-refractivity contribution is 7.92. The Morgan fingerprint density at radius 3 is 2.33 bits per heavy atom. The highest BCUT2D eigenvalue weighted by atomic mass is 32.2. The van der Waals surface area contributed by atoms with Gasteiger partial charge >= 0.3 is 0 Å². The second kappa shape index (κ2) is 8.59. The summed E-state index contributed by atoms with van der Waals surface area (Å²) in [6, 6.07) is 18.7. The first-order chi connectivity index (χ1) is 14.2. The molecule has 0 atom stereocenters. The van der Waals surface area contributed by atoms with Gasteiger partial charge in [-0.25, -0.2) is 8.42 Å². The van der Waals surface area contributed by atoms with Crippen LogP contribution in [0.4, 0.5) is 11.4 Å². The van der Waals surface area contributed by atoms with Crippen LogP contribution in [0.5, 0.6) is 5.75 Å². The van der Waals surface area contributed by atoms with E-state index in [0.29, 0.717) is 22.7 Å². The summed E-state index contributed by atoms with van der Waals surface area (Å²) in [5.41, 5.74) is 3.04. The van der Waals surface area contributed by atoms with Gasteiger partial charge in [0.1, 0.15) is 5.75 Å². The Kier molecular flexibility index (Phi) is 6.12. The molecule has 0 fully saturated rings. The van der Waals surface area contributed by atoms with E-state index in [0.717, 1.165) is 11.1 Å². The third-order valence-electron chi connectivity index (χ3n) is 4.82. The lowest BCUT2D eigenvalue weighted by atomic mass is 10.1. The molecule has 0 aliphatic rings. The van der Waals surface area contributed by atoms with Crippen molar-refractivity contribution < 1.29 is 17.9 Å². The Morgan fingerprint density at radius 2 is 1.67 bits per heavy atom. The van der Waals surface area contributed by atoms with Gasteiger partial charge in [0.25, 0.3) is 15.9 Å². The van der Waals surface area contributed by atoms with Gasteiger partial charge in [-0.2, -0.15) is 0 Å². The summed E-state index contributed by atoms with van der Waals surface area (Å²) in [6.07, 6.45) is 0. The molecule has 0 spiro atoms. The number of carbonyl (C=O) groups is 1. The van der Waals surface area contributed by atoms with Crippen LogP contribution in [0.1, 0.15) is 21.5 Å². The monoisotopic (exact) mass is 424 g/mol. The summed E-state index contributed by atoms with van der Waals surface area (Å²) in [7, 11) is -0.733. The zero-order valence-corrected chi connectivity index (χ0v) is 18.2. The lowest BCUT2D eigenvalue weighted by Gasteiger charge is -2.22. The first-order valence-corrected chi connectivity index (χ1v) is 10.8. The van der Waals surface area contributed by atoms with E-state index >= 15 is 0 Å². The molecule has 0 aliphatic carbocycles. The fraction of sp³-hybridized carbons (Fsp3) is 0.174. The van der Waals surface area contributed by atoms with Crippen LogP contribution in [-0.4, -0.2) is 28.5 Å². The van der Waals surface area contributed by atoms with Crippen molar-refractivity contribution in [2.45, 2.75) is 18.7 Å². The Morgan fingerprint density at radius 1 is 0.967 bits per heavy atom. The summed E-state index contributed by atoms with van der Waals surface area (Å²) in [5.74, 6) is 0.190. The van der Waals surface area contributed by atoms with Crippen molar-refractivity contribution in [3.8, 4) is 5.75 Å². The number of nitrogens with zero attached hydrogens (tertiary/aromatic N) is 1. The number of hydrogen-bond donors (Lipinski definition) is 1. The van der Waals surface area contributed by atoms with Crippen LogP contribution in [0.15, 0.2) is 71.6 Å². The second-order valence-electron chi connectivity index (χ2n) is 6.94. The lowest BCUT2D eigenvalue weighted by Crippen LogP contribution is -2.27. The van der Waals surface area contributed by atoms with Crippen molar-refractivity contribution in [2.24, 2.45) is 0 Å². The van der Waals surface area contributed by atoms with Gasteiger partial charge in [0.2, 0.25) is 0 Å². The standard InChI is InChI=1S/C23H24N2O4S/c1-16-10-13-22(29-4)20(14-16)24-23(26)18-12-11-17(2)21(15-18)25(3)30(27,28)19-8-6-5-7-9-19/h5-15H,1-4H3,(H,24,26). The molecule has 0 aliphatic heterocycles. The third-order valence-corrected chi connectivity index (χ3v) is 6.60. The Bertz CT molecular complexity index is 1180. The van der Waals surface area contributed by atoms with E-state index in [9.17, 15) is 13.2 Å². The minimum atomic E-state index is -3.75. The molecule has 7 heteroatoms. The van der Waals surface area contributed by atoms with E-state index in [1.54, 1.807) is 61.5 Å². The lowest BCUT2D eigenvalue weighted by molar-refractivity contribution is 0.102. The number of rotatable bonds is 6. The number of methoxy groups -OCH3 is 1. The van der Waals surface area contributed by atoms with Crippen LogP contribution in [-0.2, 0) is 10.0 Å². The van der Waals surface area contributed by atoms with E-state index in [1.807, 2.05) is 19.1 Å². The van der Waals surface area contributed by atoms with Crippen molar-refractivity contribution in [1.82, 2.24) is 0 Å². The molecular weight excluding hydrogens is 400 g/mol. The van der Waals surface area contributed by atoms with E-state index in [2.05, 4.69) is 5.32 Å². The fourth-order valence-corrected chi connectivity index (χ4v) is 4.36. The van der Waals surface area contributed by atoms with E-state index in [4.69, 9.17) is 4.74 Å². The van der Waals surface area contributed by atoms with Crippen molar-refractivity contribution in [2.75, 3.05) is 23.8 Å². The van der Waals surface area contributed by atoms with Crippen LogP contribution < -0.4 is 14.4 Å². The summed E-state index contributed by atoms with van der Waals surface area (Å²) in [4.78, 5) is 13.1. The first kappa shape index (κ1) is 21.4. The van der Waals surface area contributed by atoms with Gasteiger partial charge in [-0.15, -0.1) is 0 Å². The Labute approximate surface area is 177 Å². The Hall–Kier alpha value is -3.32. The van der Waals surface area contributed by atoms with Crippen LogP contribution in [0.2, 0.25) is 0 Å². The molecule has 3 aromatic carbocycles. The topological polar surface area (TPSA) is 75.7 Å². The summed E-state index contributed by atoms with van der Waals surface area (Å²) >= 11 is 0. The van der Waals surface area contributed by atoms with Gasteiger partial charge in [0, 0.05) is 12.6 Å². The molecule has 0 saturated heterocycles. The molecule has 0 radical (unpaired) electrons. The van der Waals surface area contributed by atoms with Crippen molar-refractivity contribution in [1.29, 1.82) is 0 Å². The number of benzene rings is 3. The molecule has 1 amide bonds. The molecule has 1 N–H and O–H groups in total. The average molecular weight is 425 g/mol. The molecule has 0 heterocycles. The van der Waals surface area contributed by atoms with Crippen molar-refractivity contribution in [3.63, 3.8) is 0 Å². The van der Waals surface area contributed by atoms with Gasteiger partial charge in [0.05, 0.1) is 23.4 Å². The van der Waals surface area contributed by atoms with Crippen LogP contribution in [0, 0.1) is 13.8 Å². The highest BCUT2D eigenvalue weighted by Crippen LogP contribution is 2.29. The van der Waals surface area contributed by atoms with Crippen LogP contribution in [0.25, 0.3) is 0 Å².